The first-order valence-corrected chi connectivity index (χ1v) is 11.6. The normalized spacial score (nSPS) is 23.4. The van der Waals surface area contributed by atoms with Gasteiger partial charge >= 0.3 is 0 Å². The minimum absolute atomic E-state index is 0.0692. The lowest BCUT2D eigenvalue weighted by atomic mass is 9.95. The van der Waals surface area contributed by atoms with Gasteiger partial charge in [0.25, 0.3) is 10.2 Å². The number of nitrogens with one attached hydrogen (secondary N) is 1. The number of amides is 1. The molecule has 1 N–H and O–H groups in total. The number of carbonyl (C=O) groups is 1. The van der Waals surface area contributed by atoms with E-state index in [4.69, 9.17) is 0 Å². The van der Waals surface area contributed by atoms with Crippen molar-refractivity contribution in [1.29, 1.82) is 0 Å². The molecule has 1 amide bonds. The van der Waals surface area contributed by atoms with Crippen molar-refractivity contribution >= 4 is 16.1 Å². The Labute approximate surface area is 181 Å². The Morgan fingerprint density at radius 2 is 1.81 bits per heavy atom. The van der Waals surface area contributed by atoms with Crippen molar-refractivity contribution in [2.75, 3.05) is 27.2 Å². The highest BCUT2D eigenvalue weighted by molar-refractivity contribution is 7.87. The van der Waals surface area contributed by atoms with Crippen molar-refractivity contribution < 1.29 is 22.0 Å². The second-order valence-corrected chi connectivity index (χ2v) is 10.2. The van der Waals surface area contributed by atoms with Crippen LogP contribution < -0.4 is 4.72 Å². The largest absolute Gasteiger partial charge is 0.341 e. The monoisotopic (exact) mass is 449 g/mol. The predicted molar refractivity (Wildman–Crippen MR) is 113 cm³/mol. The molecule has 1 aliphatic carbocycles. The summed E-state index contributed by atoms with van der Waals surface area (Å²) in [6, 6.07) is 10.3. The van der Waals surface area contributed by atoms with Gasteiger partial charge < -0.3 is 4.90 Å². The second kappa shape index (κ2) is 8.29. The maximum absolute atomic E-state index is 14.7. The fraction of sp³-hybridized carbons (Fsp3) is 0.409. The summed E-state index contributed by atoms with van der Waals surface area (Å²) in [6.45, 7) is 0.768. The number of likely N-dealkylation sites (tertiary alicyclic amines) is 1. The van der Waals surface area contributed by atoms with E-state index in [-0.39, 0.29) is 34.9 Å². The lowest BCUT2D eigenvalue weighted by Gasteiger charge is -2.19. The standard InChI is InChI=1S/C22H25F2N3O3S/c1-26(2)31(29,30)25-14-10-11-27(13-14)22(28)18-12-17(18)15-7-5-9-20(24)21(15)16-6-3-4-8-19(16)23/h3-9,14,17-18,25H,10-13H2,1-2H3/t14-,17-,18+/m0/s1. The first-order chi connectivity index (χ1) is 14.7. The molecule has 2 aliphatic rings. The molecule has 4 rings (SSSR count). The van der Waals surface area contributed by atoms with Crippen LogP contribution in [0.1, 0.15) is 24.3 Å². The van der Waals surface area contributed by atoms with Crippen LogP contribution in [0, 0.1) is 17.6 Å². The Kier molecular flexibility index (Phi) is 5.85. The van der Waals surface area contributed by atoms with Crippen LogP contribution in [0.25, 0.3) is 11.1 Å². The molecular formula is C22H25F2N3O3S. The van der Waals surface area contributed by atoms with Gasteiger partial charge in [0, 0.05) is 50.3 Å². The average Bonchev–Trinajstić information content (AvgIpc) is 3.39. The minimum atomic E-state index is -3.57. The quantitative estimate of drug-likeness (QED) is 0.737. The summed E-state index contributed by atoms with van der Waals surface area (Å²) in [5.74, 6) is -1.58. The molecule has 1 aliphatic heterocycles. The van der Waals surface area contributed by atoms with E-state index in [1.165, 1.54) is 26.2 Å². The maximum Gasteiger partial charge on any atom is 0.279 e. The van der Waals surface area contributed by atoms with E-state index in [0.29, 0.717) is 31.5 Å². The Bertz CT molecular complexity index is 1110. The zero-order valence-corrected chi connectivity index (χ0v) is 18.2. The third kappa shape index (κ3) is 4.35. The molecule has 0 spiro atoms. The Morgan fingerprint density at radius 3 is 2.52 bits per heavy atom. The molecule has 6 nitrogen and oxygen atoms in total. The fourth-order valence-corrected chi connectivity index (χ4v) is 5.04. The maximum atomic E-state index is 14.7. The van der Waals surface area contributed by atoms with Gasteiger partial charge in [0.05, 0.1) is 0 Å². The zero-order valence-electron chi connectivity index (χ0n) is 17.4. The van der Waals surface area contributed by atoms with Crippen LogP contribution in [0.5, 0.6) is 0 Å². The van der Waals surface area contributed by atoms with Crippen LogP contribution >= 0.6 is 0 Å². The predicted octanol–water partition coefficient (Wildman–Crippen LogP) is 2.73. The van der Waals surface area contributed by atoms with Gasteiger partial charge in [-0.2, -0.15) is 17.4 Å². The Balaban J connectivity index is 1.49. The zero-order chi connectivity index (χ0) is 22.3. The van der Waals surface area contributed by atoms with Gasteiger partial charge in [-0.15, -0.1) is 0 Å². The highest BCUT2D eigenvalue weighted by Crippen LogP contribution is 2.52. The lowest BCUT2D eigenvalue weighted by Crippen LogP contribution is -2.44. The molecule has 31 heavy (non-hydrogen) atoms. The van der Waals surface area contributed by atoms with E-state index >= 15 is 0 Å². The van der Waals surface area contributed by atoms with E-state index in [9.17, 15) is 22.0 Å². The van der Waals surface area contributed by atoms with Crippen LogP contribution in [0.2, 0.25) is 0 Å². The van der Waals surface area contributed by atoms with Crippen molar-refractivity contribution in [2.24, 2.45) is 5.92 Å². The highest BCUT2D eigenvalue weighted by Gasteiger charge is 2.48. The van der Waals surface area contributed by atoms with Gasteiger partial charge in [0.2, 0.25) is 5.91 Å². The summed E-state index contributed by atoms with van der Waals surface area (Å²) in [5.41, 5.74) is 1.03. The van der Waals surface area contributed by atoms with Gasteiger partial charge in [-0.05, 0) is 36.5 Å². The molecule has 1 heterocycles. The van der Waals surface area contributed by atoms with Crippen LogP contribution in [-0.2, 0) is 15.0 Å². The van der Waals surface area contributed by atoms with Crippen molar-refractivity contribution in [3.05, 3.63) is 59.7 Å². The van der Waals surface area contributed by atoms with Gasteiger partial charge in [0.1, 0.15) is 11.6 Å². The molecule has 0 radical (unpaired) electrons. The van der Waals surface area contributed by atoms with E-state index < -0.39 is 21.8 Å². The first kappa shape index (κ1) is 21.9. The van der Waals surface area contributed by atoms with Crippen molar-refractivity contribution in [3.63, 3.8) is 0 Å². The third-order valence-electron chi connectivity index (χ3n) is 5.99. The Morgan fingerprint density at radius 1 is 1.10 bits per heavy atom. The van der Waals surface area contributed by atoms with Crippen molar-refractivity contribution in [1.82, 2.24) is 13.9 Å². The molecule has 0 aromatic heterocycles. The highest BCUT2D eigenvalue weighted by atomic mass is 32.2. The summed E-state index contributed by atoms with van der Waals surface area (Å²) in [4.78, 5) is 14.7. The molecule has 1 saturated heterocycles. The lowest BCUT2D eigenvalue weighted by molar-refractivity contribution is -0.131. The molecule has 2 fully saturated rings. The summed E-state index contributed by atoms with van der Waals surface area (Å²) >= 11 is 0. The Hall–Kier alpha value is -2.36. The van der Waals surface area contributed by atoms with Gasteiger partial charge in [-0.25, -0.2) is 8.78 Å². The molecule has 0 unspecified atom stereocenters. The summed E-state index contributed by atoms with van der Waals surface area (Å²) in [7, 11) is -0.675. The number of carbonyl (C=O) groups excluding carboxylic acids is 1. The third-order valence-corrected chi connectivity index (χ3v) is 7.59. The van der Waals surface area contributed by atoms with Crippen LogP contribution in [0.3, 0.4) is 0 Å². The summed E-state index contributed by atoms with van der Waals surface area (Å²) in [5, 5.41) is 0. The molecular weight excluding hydrogens is 424 g/mol. The number of halogens is 2. The van der Waals surface area contributed by atoms with Crippen LogP contribution in [-0.4, -0.2) is 56.8 Å². The number of benzene rings is 2. The van der Waals surface area contributed by atoms with Crippen molar-refractivity contribution in [2.45, 2.75) is 24.8 Å². The van der Waals surface area contributed by atoms with E-state index in [1.807, 2.05) is 0 Å². The van der Waals surface area contributed by atoms with E-state index in [1.54, 1.807) is 35.2 Å². The SMILES string of the molecule is CN(C)S(=O)(=O)N[C@H]1CCN(C(=O)[C@@H]2C[C@H]2c2cccc(F)c2-c2ccccc2F)C1. The van der Waals surface area contributed by atoms with Gasteiger partial charge in [-0.1, -0.05) is 30.3 Å². The summed E-state index contributed by atoms with van der Waals surface area (Å²) < 4.78 is 56.8. The fourth-order valence-electron chi connectivity index (χ4n) is 4.22. The number of hydrogen-bond acceptors (Lipinski definition) is 3. The second-order valence-electron chi connectivity index (χ2n) is 8.31. The van der Waals surface area contributed by atoms with E-state index in [2.05, 4.69) is 4.72 Å². The average molecular weight is 450 g/mol. The number of hydrogen-bond donors (Lipinski definition) is 1. The molecule has 2 aromatic rings. The molecule has 1 saturated carbocycles. The van der Waals surface area contributed by atoms with E-state index in [0.717, 1.165) is 4.31 Å². The number of rotatable bonds is 6. The first-order valence-electron chi connectivity index (χ1n) is 10.2. The summed E-state index contributed by atoms with van der Waals surface area (Å²) in [6.07, 6.45) is 1.10. The number of nitrogens with zero attached hydrogens (tertiary/aromatic N) is 2. The molecule has 0 bridgehead atoms. The molecule has 9 heteroatoms. The van der Waals surface area contributed by atoms with Gasteiger partial charge in [0.15, 0.2) is 0 Å². The van der Waals surface area contributed by atoms with Crippen LogP contribution in [0.15, 0.2) is 42.5 Å². The van der Waals surface area contributed by atoms with Crippen molar-refractivity contribution in [3.8, 4) is 11.1 Å². The molecule has 3 atom stereocenters. The topological polar surface area (TPSA) is 69.7 Å². The molecule has 166 valence electrons. The smallest absolute Gasteiger partial charge is 0.279 e. The molecule has 2 aromatic carbocycles. The van der Waals surface area contributed by atoms with Gasteiger partial charge in [-0.3, -0.25) is 4.79 Å². The van der Waals surface area contributed by atoms with Crippen LogP contribution in [0.4, 0.5) is 8.78 Å². The minimum Gasteiger partial charge on any atom is -0.341 e.